The van der Waals surface area contributed by atoms with E-state index in [9.17, 15) is 8.42 Å². The van der Waals surface area contributed by atoms with Gasteiger partial charge in [-0.3, -0.25) is 0 Å². The number of anilines is 1. The van der Waals surface area contributed by atoms with E-state index in [4.69, 9.17) is 5.73 Å². The maximum absolute atomic E-state index is 12.7. The van der Waals surface area contributed by atoms with Crippen LogP contribution in [0.5, 0.6) is 0 Å². The molecule has 2 N–H and O–H groups in total. The van der Waals surface area contributed by atoms with E-state index in [1.807, 2.05) is 6.92 Å². The van der Waals surface area contributed by atoms with E-state index in [1.165, 1.54) is 0 Å². The van der Waals surface area contributed by atoms with Crippen LogP contribution in [0, 0.1) is 12.3 Å². The molecule has 1 heterocycles. The van der Waals surface area contributed by atoms with Gasteiger partial charge in [-0.15, -0.1) is 0 Å². The molecule has 5 heteroatoms. The number of hydrogen-bond donors (Lipinski definition) is 1. The molecule has 1 saturated heterocycles. The molecular formula is C16H26N2O2S. The second-order valence-electron chi connectivity index (χ2n) is 6.13. The lowest BCUT2D eigenvalue weighted by Crippen LogP contribution is -2.42. The predicted octanol–water partition coefficient (Wildman–Crippen LogP) is 3.17. The zero-order valence-corrected chi connectivity index (χ0v) is 14.0. The Labute approximate surface area is 128 Å². The minimum absolute atomic E-state index is 0.322. The SMILES string of the molecule is CCC1(CC)CCN(S(=O)(=O)c2ccc(N)c(C)c2)CC1. The fraction of sp³-hybridized carbons (Fsp3) is 0.625. The summed E-state index contributed by atoms with van der Waals surface area (Å²) in [5, 5.41) is 0. The summed E-state index contributed by atoms with van der Waals surface area (Å²) in [6.45, 7) is 7.48. The first kappa shape index (κ1) is 16.3. The number of benzene rings is 1. The van der Waals surface area contributed by atoms with E-state index >= 15 is 0 Å². The number of piperidine rings is 1. The molecule has 0 saturated carbocycles. The molecule has 0 atom stereocenters. The van der Waals surface area contributed by atoms with Crippen molar-refractivity contribution >= 4 is 15.7 Å². The van der Waals surface area contributed by atoms with Crippen molar-refractivity contribution in [3.05, 3.63) is 23.8 Å². The van der Waals surface area contributed by atoms with Gasteiger partial charge < -0.3 is 5.73 Å². The molecule has 1 aromatic carbocycles. The Morgan fingerprint density at radius 3 is 2.24 bits per heavy atom. The Bertz CT molecular complexity index is 597. The van der Waals surface area contributed by atoms with E-state index in [1.54, 1.807) is 22.5 Å². The topological polar surface area (TPSA) is 63.4 Å². The normalized spacial score (nSPS) is 19.6. The molecule has 2 rings (SSSR count). The molecule has 1 fully saturated rings. The summed E-state index contributed by atoms with van der Waals surface area (Å²) < 4.78 is 27.1. The molecule has 21 heavy (non-hydrogen) atoms. The van der Waals surface area contributed by atoms with Crippen LogP contribution in [0.3, 0.4) is 0 Å². The molecule has 0 bridgehead atoms. The van der Waals surface area contributed by atoms with E-state index < -0.39 is 10.0 Å². The lowest BCUT2D eigenvalue weighted by Gasteiger charge is -2.40. The Morgan fingerprint density at radius 1 is 1.19 bits per heavy atom. The molecule has 1 aliphatic heterocycles. The Morgan fingerprint density at radius 2 is 1.76 bits per heavy atom. The van der Waals surface area contributed by atoms with Crippen LogP contribution in [0.2, 0.25) is 0 Å². The summed E-state index contributed by atoms with van der Waals surface area (Å²) in [6.07, 6.45) is 4.15. The minimum atomic E-state index is -3.39. The van der Waals surface area contributed by atoms with Crippen LogP contribution in [0.15, 0.2) is 23.1 Å². The van der Waals surface area contributed by atoms with Gasteiger partial charge in [-0.25, -0.2) is 8.42 Å². The summed E-state index contributed by atoms with van der Waals surface area (Å²) in [6, 6.07) is 4.96. The second-order valence-corrected chi connectivity index (χ2v) is 8.07. The predicted molar refractivity (Wildman–Crippen MR) is 86.6 cm³/mol. The van der Waals surface area contributed by atoms with Crippen molar-refractivity contribution in [2.45, 2.75) is 51.3 Å². The van der Waals surface area contributed by atoms with Gasteiger partial charge in [-0.2, -0.15) is 4.31 Å². The molecule has 1 aromatic rings. The molecule has 0 aliphatic carbocycles. The van der Waals surface area contributed by atoms with Gasteiger partial charge in [0, 0.05) is 18.8 Å². The summed E-state index contributed by atoms with van der Waals surface area (Å²) in [7, 11) is -3.39. The Balaban J connectivity index is 2.20. The maximum Gasteiger partial charge on any atom is 0.243 e. The van der Waals surface area contributed by atoms with E-state index in [2.05, 4.69) is 13.8 Å². The van der Waals surface area contributed by atoms with Crippen molar-refractivity contribution in [3.63, 3.8) is 0 Å². The van der Waals surface area contributed by atoms with Crippen LogP contribution < -0.4 is 5.73 Å². The van der Waals surface area contributed by atoms with Crippen molar-refractivity contribution in [2.24, 2.45) is 5.41 Å². The van der Waals surface area contributed by atoms with Crippen molar-refractivity contribution in [3.8, 4) is 0 Å². The van der Waals surface area contributed by atoms with Gasteiger partial charge >= 0.3 is 0 Å². The number of rotatable bonds is 4. The molecule has 0 unspecified atom stereocenters. The van der Waals surface area contributed by atoms with E-state index in [0.29, 0.717) is 29.1 Å². The lowest BCUT2D eigenvalue weighted by molar-refractivity contribution is 0.141. The summed E-state index contributed by atoms with van der Waals surface area (Å²) in [5.41, 5.74) is 7.53. The summed E-state index contributed by atoms with van der Waals surface area (Å²) in [5.74, 6) is 0. The number of nitrogens with zero attached hydrogens (tertiary/aromatic N) is 1. The Hall–Kier alpha value is -1.07. The van der Waals surface area contributed by atoms with Crippen molar-refractivity contribution < 1.29 is 8.42 Å². The third kappa shape index (κ3) is 3.09. The van der Waals surface area contributed by atoms with Crippen LogP contribution >= 0.6 is 0 Å². The van der Waals surface area contributed by atoms with E-state index in [-0.39, 0.29) is 0 Å². The van der Waals surface area contributed by atoms with Crippen LogP contribution in [-0.2, 0) is 10.0 Å². The fourth-order valence-electron chi connectivity index (χ4n) is 3.12. The standard InChI is InChI=1S/C16H26N2O2S/c1-4-16(5-2)8-10-18(11-9-16)21(19,20)14-6-7-15(17)13(3)12-14/h6-7,12H,4-5,8-11,17H2,1-3H3. The second kappa shape index (κ2) is 5.97. The Kier molecular flexibility index (Phi) is 4.63. The van der Waals surface area contributed by atoms with E-state index in [0.717, 1.165) is 31.2 Å². The summed E-state index contributed by atoms with van der Waals surface area (Å²) in [4.78, 5) is 0.356. The largest absolute Gasteiger partial charge is 0.399 e. The number of nitrogens with two attached hydrogens (primary N) is 1. The number of sulfonamides is 1. The highest BCUT2D eigenvalue weighted by molar-refractivity contribution is 7.89. The highest BCUT2D eigenvalue weighted by Crippen LogP contribution is 2.39. The first-order chi connectivity index (χ1) is 9.84. The quantitative estimate of drug-likeness (QED) is 0.869. The average Bonchev–Trinajstić information content (AvgIpc) is 2.50. The van der Waals surface area contributed by atoms with Gasteiger partial charge in [0.1, 0.15) is 0 Å². The van der Waals surface area contributed by atoms with Gasteiger partial charge in [-0.1, -0.05) is 26.7 Å². The van der Waals surface area contributed by atoms with Crippen LogP contribution in [0.4, 0.5) is 5.69 Å². The summed E-state index contributed by atoms with van der Waals surface area (Å²) >= 11 is 0. The number of nitrogen functional groups attached to an aromatic ring is 1. The highest BCUT2D eigenvalue weighted by atomic mass is 32.2. The van der Waals surface area contributed by atoms with Gasteiger partial charge in [0.25, 0.3) is 0 Å². The van der Waals surface area contributed by atoms with Crippen LogP contribution in [0.25, 0.3) is 0 Å². The van der Waals surface area contributed by atoms with Gasteiger partial charge in [-0.05, 0) is 48.9 Å². The zero-order chi connectivity index (χ0) is 15.7. The van der Waals surface area contributed by atoms with Gasteiger partial charge in [0.05, 0.1) is 4.90 Å². The van der Waals surface area contributed by atoms with Crippen LogP contribution in [-0.4, -0.2) is 25.8 Å². The minimum Gasteiger partial charge on any atom is -0.399 e. The van der Waals surface area contributed by atoms with Gasteiger partial charge in [0.2, 0.25) is 10.0 Å². The highest BCUT2D eigenvalue weighted by Gasteiger charge is 2.36. The first-order valence-electron chi connectivity index (χ1n) is 7.71. The van der Waals surface area contributed by atoms with Gasteiger partial charge in [0.15, 0.2) is 0 Å². The first-order valence-corrected chi connectivity index (χ1v) is 9.15. The monoisotopic (exact) mass is 310 g/mol. The number of aryl methyl sites for hydroxylation is 1. The third-order valence-corrected chi connectivity index (χ3v) is 7.06. The molecular weight excluding hydrogens is 284 g/mol. The van der Waals surface area contributed by atoms with Crippen molar-refractivity contribution in [1.29, 1.82) is 0 Å². The molecule has 118 valence electrons. The molecule has 0 aromatic heterocycles. The molecule has 1 aliphatic rings. The average molecular weight is 310 g/mol. The van der Waals surface area contributed by atoms with Crippen molar-refractivity contribution in [2.75, 3.05) is 18.8 Å². The molecule has 0 radical (unpaired) electrons. The van der Waals surface area contributed by atoms with Crippen molar-refractivity contribution in [1.82, 2.24) is 4.31 Å². The van der Waals surface area contributed by atoms with Crippen LogP contribution in [0.1, 0.15) is 45.1 Å². The fourth-order valence-corrected chi connectivity index (χ4v) is 4.64. The third-order valence-electron chi connectivity index (χ3n) is 5.16. The molecule has 0 amide bonds. The zero-order valence-electron chi connectivity index (χ0n) is 13.2. The number of hydrogen-bond acceptors (Lipinski definition) is 3. The smallest absolute Gasteiger partial charge is 0.243 e. The maximum atomic E-state index is 12.7. The molecule has 4 nitrogen and oxygen atoms in total. The lowest BCUT2D eigenvalue weighted by atomic mass is 9.75. The molecule has 0 spiro atoms.